The van der Waals surface area contributed by atoms with E-state index >= 15 is 0 Å². The van der Waals surface area contributed by atoms with Gasteiger partial charge in [-0.15, -0.1) is 0 Å². The number of rotatable bonds is 6. The van der Waals surface area contributed by atoms with Gasteiger partial charge in [0.2, 0.25) is 0 Å². The third-order valence-corrected chi connectivity index (χ3v) is 5.52. The zero-order valence-electron chi connectivity index (χ0n) is 17.3. The maximum Gasteiger partial charge on any atom is 0.291 e. The zero-order chi connectivity index (χ0) is 20.5. The molecule has 1 heterocycles. The van der Waals surface area contributed by atoms with Crippen molar-refractivity contribution < 1.29 is 19.3 Å². The van der Waals surface area contributed by atoms with Gasteiger partial charge in [-0.1, -0.05) is 36.8 Å². The lowest BCUT2D eigenvalue weighted by Crippen LogP contribution is -2.39. The molecule has 1 unspecified atom stereocenters. The average molecular weight is 374 g/mol. The van der Waals surface area contributed by atoms with E-state index in [1.54, 1.807) is 13.8 Å². The molecule has 0 amide bonds. The van der Waals surface area contributed by atoms with Crippen LogP contribution in [0.3, 0.4) is 0 Å². The maximum atomic E-state index is 12.8. The Balaban J connectivity index is 2.77. The molecule has 27 heavy (non-hydrogen) atoms. The summed E-state index contributed by atoms with van der Waals surface area (Å²) >= 11 is 0. The van der Waals surface area contributed by atoms with Crippen molar-refractivity contribution in [1.82, 2.24) is 0 Å². The fourth-order valence-corrected chi connectivity index (χ4v) is 4.41. The molecule has 0 fully saturated rings. The normalized spacial score (nSPS) is 23.5. The van der Waals surface area contributed by atoms with Gasteiger partial charge >= 0.3 is 0 Å². The predicted molar refractivity (Wildman–Crippen MR) is 106 cm³/mol. The number of ether oxygens (including phenoxy) is 1. The van der Waals surface area contributed by atoms with E-state index in [2.05, 4.69) is 23.6 Å². The van der Waals surface area contributed by atoms with Crippen molar-refractivity contribution in [2.75, 3.05) is 7.11 Å². The highest BCUT2D eigenvalue weighted by atomic mass is 17.1. The van der Waals surface area contributed by atoms with Crippen molar-refractivity contribution in [3.8, 4) is 5.95 Å². The first kappa shape index (κ1) is 21.2. The molecule has 1 aromatic heterocycles. The van der Waals surface area contributed by atoms with Gasteiger partial charge in [0.1, 0.15) is 11.9 Å². The highest BCUT2D eigenvalue weighted by Gasteiger charge is 2.44. The Hall–Kier alpha value is -2.11. The van der Waals surface area contributed by atoms with Crippen LogP contribution in [0.4, 0.5) is 0 Å². The molecule has 0 spiro atoms. The molecule has 1 aliphatic carbocycles. The third-order valence-electron chi connectivity index (χ3n) is 5.52. The SMILES string of the molecule is C=C(C(CC)OO)[C@@H]1C(C)=CC(C)=C[C@]1(C)c1oc(OC)c(C)c(=O)c1C. The summed E-state index contributed by atoms with van der Waals surface area (Å²) in [6.45, 7) is 15.7. The van der Waals surface area contributed by atoms with Gasteiger partial charge in [-0.05, 0) is 46.6 Å². The van der Waals surface area contributed by atoms with Crippen LogP contribution < -0.4 is 10.2 Å². The lowest BCUT2D eigenvalue weighted by Gasteiger charge is -2.41. The molecule has 0 aromatic carbocycles. The molecule has 0 radical (unpaired) electrons. The van der Waals surface area contributed by atoms with Crippen LogP contribution >= 0.6 is 0 Å². The first-order valence-corrected chi connectivity index (χ1v) is 9.17. The second-order valence-electron chi connectivity index (χ2n) is 7.57. The van der Waals surface area contributed by atoms with Gasteiger partial charge in [-0.25, -0.2) is 4.89 Å². The minimum Gasteiger partial charge on any atom is -0.468 e. The summed E-state index contributed by atoms with van der Waals surface area (Å²) in [7, 11) is 1.49. The zero-order valence-corrected chi connectivity index (χ0v) is 17.3. The van der Waals surface area contributed by atoms with Crippen molar-refractivity contribution in [2.45, 2.75) is 59.5 Å². The second-order valence-corrected chi connectivity index (χ2v) is 7.57. The standard InChI is InChI=1S/C22H30O5/c1-9-17(27-24)14(4)18-13(3)10-12(2)11-22(18,7)20-15(5)19(23)16(6)21(25-8)26-20/h10-11,17-18,24H,4,9H2,1-3,5-8H3/t17?,18-,22-/m0/s1. The minimum atomic E-state index is -0.670. The topological polar surface area (TPSA) is 68.9 Å². The molecule has 0 saturated carbocycles. The van der Waals surface area contributed by atoms with E-state index < -0.39 is 11.5 Å². The molecular weight excluding hydrogens is 344 g/mol. The molecule has 1 aliphatic rings. The molecule has 1 aromatic rings. The van der Waals surface area contributed by atoms with Gasteiger partial charge < -0.3 is 9.15 Å². The largest absolute Gasteiger partial charge is 0.468 e. The summed E-state index contributed by atoms with van der Waals surface area (Å²) in [5.41, 5.74) is 3.11. The molecule has 1 N–H and O–H groups in total. The minimum absolute atomic E-state index is 0.0950. The van der Waals surface area contributed by atoms with Gasteiger partial charge in [0, 0.05) is 11.5 Å². The number of allylic oxidation sites excluding steroid dienone is 4. The highest BCUT2D eigenvalue weighted by molar-refractivity contribution is 5.47. The lowest BCUT2D eigenvalue weighted by atomic mass is 9.63. The summed E-state index contributed by atoms with van der Waals surface area (Å²) in [4.78, 5) is 17.4. The van der Waals surface area contributed by atoms with Crippen LogP contribution in [0.2, 0.25) is 0 Å². The Kier molecular flexibility index (Phi) is 6.17. The monoisotopic (exact) mass is 374 g/mol. The fourth-order valence-electron chi connectivity index (χ4n) is 4.41. The quantitative estimate of drug-likeness (QED) is 0.437. The fraction of sp³-hybridized carbons (Fsp3) is 0.500. The van der Waals surface area contributed by atoms with Crippen molar-refractivity contribution in [1.29, 1.82) is 0 Å². The molecule has 3 atom stereocenters. The lowest BCUT2D eigenvalue weighted by molar-refractivity contribution is -0.270. The average Bonchev–Trinajstić information content (AvgIpc) is 2.60. The second kappa shape index (κ2) is 7.87. The van der Waals surface area contributed by atoms with Gasteiger partial charge in [0.25, 0.3) is 5.95 Å². The molecule has 0 saturated heterocycles. The number of hydrogen-bond acceptors (Lipinski definition) is 5. The van der Waals surface area contributed by atoms with Gasteiger partial charge in [-0.3, -0.25) is 10.1 Å². The van der Waals surface area contributed by atoms with E-state index in [1.165, 1.54) is 7.11 Å². The van der Waals surface area contributed by atoms with Gasteiger partial charge in [0.15, 0.2) is 5.43 Å². The molecule has 5 heteroatoms. The summed E-state index contributed by atoms with van der Waals surface area (Å²) < 4.78 is 11.4. The molecular formula is C22H30O5. The van der Waals surface area contributed by atoms with Crippen LogP contribution in [0.1, 0.15) is 51.0 Å². The Morgan fingerprint density at radius 3 is 2.48 bits per heavy atom. The third kappa shape index (κ3) is 3.54. The van der Waals surface area contributed by atoms with Crippen molar-refractivity contribution >= 4 is 0 Å². The van der Waals surface area contributed by atoms with Crippen LogP contribution in [0.5, 0.6) is 5.95 Å². The van der Waals surface area contributed by atoms with E-state index in [0.717, 1.165) is 16.7 Å². The summed E-state index contributed by atoms with van der Waals surface area (Å²) in [5, 5.41) is 9.33. The molecule has 5 nitrogen and oxygen atoms in total. The van der Waals surface area contributed by atoms with Crippen LogP contribution in [-0.2, 0) is 10.3 Å². The molecule has 0 bridgehead atoms. The van der Waals surface area contributed by atoms with Crippen LogP contribution in [0.15, 0.2) is 44.7 Å². The van der Waals surface area contributed by atoms with Gasteiger partial charge in [0.05, 0.1) is 18.1 Å². The Bertz CT molecular complexity index is 854. The van der Waals surface area contributed by atoms with Crippen molar-refractivity contribution in [3.63, 3.8) is 0 Å². The van der Waals surface area contributed by atoms with E-state index in [-0.39, 0.29) is 17.3 Å². The van der Waals surface area contributed by atoms with Gasteiger partial charge in [-0.2, -0.15) is 0 Å². The summed E-state index contributed by atoms with van der Waals surface area (Å²) in [6, 6.07) is 0. The molecule has 148 valence electrons. The van der Waals surface area contributed by atoms with E-state index in [1.807, 2.05) is 27.7 Å². The van der Waals surface area contributed by atoms with E-state index in [0.29, 0.717) is 23.3 Å². The Morgan fingerprint density at radius 2 is 1.96 bits per heavy atom. The predicted octanol–water partition coefficient (Wildman–Crippen LogP) is 4.87. The van der Waals surface area contributed by atoms with E-state index in [4.69, 9.17) is 9.15 Å². The number of methoxy groups -OCH3 is 1. The first-order valence-electron chi connectivity index (χ1n) is 9.17. The smallest absolute Gasteiger partial charge is 0.291 e. The Labute approximate surface area is 160 Å². The Morgan fingerprint density at radius 1 is 1.33 bits per heavy atom. The van der Waals surface area contributed by atoms with Crippen molar-refractivity contribution in [3.05, 3.63) is 62.6 Å². The molecule has 2 rings (SSSR count). The maximum absolute atomic E-state index is 12.8. The van der Waals surface area contributed by atoms with Crippen LogP contribution in [0.25, 0.3) is 0 Å². The van der Waals surface area contributed by atoms with Crippen LogP contribution in [-0.4, -0.2) is 18.5 Å². The summed E-state index contributed by atoms with van der Waals surface area (Å²) in [6.07, 6.45) is 4.24. The van der Waals surface area contributed by atoms with Crippen molar-refractivity contribution in [2.24, 2.45) is 5.92 Å². The van der Waals surface area contributed by atoms with E-state index in [9.17, 15) is 10.1 Å². The summed E-state index contributed by atoms with van der Waals surface area (Å²) in [5.74, 6) is 0.558. The number of hydrogen-bond donors (Lipinski definition) is 1. The first-order chi connectivity index (χ1) is 12.6. The van der Waals surface area contributed by atoms with Crippen LogP contribution in [0, 0.1) is 19.8 Å². The molecule has 0 aliphatic heterocycles. The highest BCUT2D eigenvalue weighted by Crippen LogP contribution is 2.48.